The standard InChI is InChI=1S/C19H25ClFNO3/c1-2-24-11-5-15-6-12-25-19(15)7-9-22(10-8-19)18(23)14-3-4-17(21)16(20)13-14/h3-4,13,15H,2,5-12H2,1H3. The minimum atomic E-state index is -0.507. The van der Waals surface area contributed by atoms with Crippen LogP contribution in [0.3, 0.4) is 0 Å². The van der Waals surface area contributed by atoms with Gasteiger partial charge >= 0.3 is 0 Å². The number of likely N-dealkylation sites (tertiary alicyclic amines) is 1. The zero-order valence-corrected chi connectivity index (χ0v) is 15.4. The van der Waals surface area contributed by atoms with Crippen molar-refractivity contribution < 1.29 is 18.7 Å². The lowest BCUT2D eigenvalue weighted by Gasteiger charge is -2.42. The summed E-state index contributed by atoms with van der Waals surface area (Å²) in [5.74, 6) is -0.107. The summed E-state index contributed by atoms with van der Waals surface area (Å²) in [6.07, 6.45) is 3.75. The summed E-state index contributed by atoms with van der Waals surface area (Å²) in [7, 11) is 0. The first-order valence-electron chi connectivity index (χ1n) is 9.02. The van der Waals surface area contributed by atoms with Gasteiger partial charge in [-0.25, -0.2) is 4.39 Å². The highest BCUT2D eigenvalue weighted by Crippen LogP contribution is 2.42. The molecule has 4 nitrogen and oxygen atoms in total. The predicted molar refractivity (Wildman–Crippen MR) is 94.4 cm³/mol. The summed E-state index contributed by atoms with van der Waals surface area (Å²) >= 11 is 5.80. The summed E-state index contributed by atoms with van der Waals surface area (Å²) < 4.78 is 24.9. The van der Waals surface area contributed by atoms with Crippen LogP contribution in [0.2, 0.25) is 5.02 Å². The molecule has 0 N–H and O–H groups in total. The van der Waals surface area contributed by atoms with Crippen LogP contribution in [0.25, 0.3) is 0 Å². The van der Waals surface area contributed by atoms with Crippen molar-refractivity contribution in [1.82, 2.24) is 4.90 Å². The smallest absolute Gasteiger partial charge is 0.253 e. The highest BCUT2D eigenvalue weighted by Gasteiger charge is 2.46. The number of hydrogen-bond donors (Lipinski definition) is 0. The third-order valence-electron chi connectivity index (χ3n) is 5.48. The molecule has 3 rings (SSSR count). The molecule has 0 radical (unpaired) electrons. The molecule has 0 bridgehead atoms. The molecule has 1 unspecified atom stereocenters. The average molecular weight is 370 g/mol. The second-order valence-corrected chi connectivity index (χ2v) is 7.21. The second kappa shape index (κ2) is 8.02. The molecule has 25 heavy (non-hydrogen) atoms. The maximum Gasteiger partial charge on any atom is 0.253 e. The van der Waals surface area contributed by atoms with E-state index in [1.165, 1.54) is 18.2 Å². The zero-order valence-electron chi connectivity index (χ0n) is 14.6. The van der Waals surface area contributed by atoms with Crippen LogP contribution in [0.15, 0.2) is 18.2 Å². The Bertz CT molecular complexity index is 617. The molecule has 1 amide bonds. The molecule has 2 saturated heterocycles. The van der Waals surface area contributed by atoms with Gasteiger partial charge in [-0.15, -0.1) is 0 Å². The van der Waals surface area contributed by atoms with Crippen molar-refractivity contribution in [1.29, 1.82) is 0 Å². The quantitative estimate of drug-likeness (QED) is 0.738. The number of rotatable bonds is 5. The van der Waals surface area contributed by atoms with Gasteiger partial charge in [-0.2, -0.15) is 0 Å². The number of carbonyl (C=O) groups is 1. The van der Waals surface area contributed by atoms with E-state index in [1.807, 2.05) is 11.8 Å². The average Bonchev–Trinajstić information content (AvgIpc) is 3.00. The van der Waals surface area contributed by atoms with Gasteiger partial charge in [0.1, 0.15) is 5.82 Å². The molecular formula is C19H25ClFNO3. The molecule has 138 valence electrons. The number of carbonyl (C=O) groups excluding carboxylic acids is 1. The third-order valence-corrected chi connectivity index (χ3v) is 5.77. The van der Waals surface area contributed by atoms with Gasteiger partial charge in [0.25, 0.3) is 5.91 Å². The highest BCUT2D eigenvalue weighted by molar-refractivity contribution is 6.31. The van der Waals surface area contributed by atoms with E-state index in [2.05, 4.69) is 0 Å². The van der Waals surface area contributed by atoms with Gasteiger partial charge in [0, 0.05) is 38.5 Å². The van der Waals surface area contributed by atoms with E-state index in [0.29, 0.717) is 24.6 Å². The molecule has 1 aromatic carbocycles. The molecule has 1 atom stereocenters. The van der Waals surface area contributed by atoms with E-state index in [4.69, 9.17) is 21.1 Å². The van der Waals surface area contributed by atoms with Crippen LogP contribution in [0.1, 0.15) is 43.0 Å². The Morgan fingerprint density at radius 3 is 2.88 bits per heavy atom. The molecule has 2 aliphatic heterocycles. The second-order valence-electron chi connectivity index (χ2n) is 6.81. The van der Waals surface area contributed by atoms with Gasteiger partial charge in [0.05, 0.1) is 10.6 Å². The van der Waals surface area contributed by atoms with Crippen molar-refractivity contribution in [3.8, 4) is 0 Å². The minimum absolute atomic E-state index is 0.0190. The lowest BCUT2D eigenvalue weighted by atomic mass is 9.78. The topological polar surface area (TPSA) is 38.8 Å². The number of nitrogens with zero attached hydrogens (tertiary/aromatic N) is 1. The van der Waals surface area contributed by atoms with Gasteiger partial charge in [-0.3, -0.25) is 4.79 Å². The molecule has 6 heteroatoms. The van der Waals surface area contributed by atoms with E-state index in [-0.39, 0.29) is 16.5 Å². The molecule has 0 saturated carbocycles. The van der Waals surface area contributed by atoms with E-state index in [0.717, 1.165) is 45.5 Å². The number of amides is 1. The summed E-state index contributed by atoms with van der Waals surface area (Å²) in [6, 6.07) is 4.14. The predicted octanol–water partition coefficient (Wildman–Crippen LogP) is 3.92. The SMILES string of the molecule is CCOCCC1CCOC12CCN(C(=O)c1ccc(F)c(Cl)c1)CC2. The van der Waals surface area contributed by atoms with Crippen LogP contribution in [-0.4, -0.2) is 49.3 Å². The van der Waals surface area contributed by atoms with Crippen molar-refractivity contribution in [3.05, 3.63) is 34.6 Å². The fourth-order valence-electron chi connectivity index (χ4n) is 4.02. The van der Waals surface area contributed by atoms with Crippen LogP contribution < -0.4 is 0 Å². The van der Waals surface area contributed by atoms with Crippen molar-refractivity contribution in [2.24, 2.45) is 5.92 Å². The molecule has 1 spiro atoms. The van der Waals surface area contributed by atoms with Crippen LogP contribution in [-0.2, 0) is 9.47 Å². The van der Waals surface area contributed by atoms with Gasteiger partial charge in [-0.1, -0.05) is 11.6 Å². The first-order valence-corrected chi connectivity index (χ1v) is 9.39. The normalized spacial score (nSPS) is 22.5. The van der Waals surface area contributed by atoms with Crippen molar-refractivity contribution in [3.63, 3.8) is 0 Å². The summed E-state index contributed by atoms with van der Waals surface area (Å²) in [5.41, 5.74) is 0.316. The van der Waals surface area contributed by atoms with Gasteiger partial charge < -0.3 is 14.4 Å². The number of hydrogen-bond acceptors (Lipinski definition) is 3. The van der Waals surface area contributed by atoms with Gasteiger partial charge in [-0.05, 0) is 56.7 Å². The molecule has 0 aromatic heterocycles. The number of halogens is 2. The summed E-state index contributed by atoms with van der Waals surface area (Å²) in [5, 5.41) is -0.0190. The monoisotopic (exact) mass is 369 g/mol. The molecule has 2 fully saturated rings. The number of benzene rings is 1. The minimum Gasteiger partial charge on any atom is -0.382 e. The fourth-order valence-corrected chi connectivity index (χ4v) is 4.20. The van der Waals surface area contributed by atoms with Crippen molar-refractivity contribution in [2.75, 3.05) is 32.9 Å². The number of piperidine rings is 1. The highest BCUT2D eigenvalue weighted by atomic mass is 35.5. The number of ether oxygens (including phenoxy) is 2. The van der Waals surface area contributed by atoms with Crippen LogP contribution in [0.4, 0.5) is 4.39 Å². The Balaban J connectivity index is 1.60. The van der Waals surface area contributed by atoms with Crippen LogP contribution in [0.5, 0.6) is 0 Å². The molecule has 2 heterocycles. The van der Waals surface area contributed by atoms with Crippen molar-refractivity contribution in [2.45, 2.75) is 38.2 Å². The Kier molecular flexibility index (Phi) is 5.97. The third kappa shape index (κ3) is 3.99. The van der Waals surface area contributed by atoms with Crippen LogP contribution in [0, 0.1) is 11.7 Å². The summed E-state index contributed by atoms with van der Waals surface area (Å²) in [4.78, 5) is 14.5. The largest absolute Gasteiger partial charge is 0.382 e. The lowest BCUT2D eigenvalue weighted by molar-refractivity contribution is -0.0669. The zero-order chi connectivity index (χ0) is 17.9. The molecule has 1 aromatic rings. The molecule has 2 aliphatic rings. The first-order chi connectivity index (χ1) is 12.1. The Hall–Kier alpha value is -1.17. The van der Waals surface area contributed by atoms with E-state index in [1.54, 1.807) is 0 Å². The summed E-state index contributed by atoms with van der Waals surface area (Å²) in [6.45, 7) is 5.61. The first kappa shape index (κ1) is 18.6. The Labute approximate surface area is 153 Å². The van der Waals surface area contributed by atoms with E-state index >= 15 is 0 Å². The Morgan fingerprint density at radius 1 is 1.44 bits per heavy atom. The molecule has 0 aliphatic carbocycles. The molecular weight excluding hydrogens is 345 g/mol. The lowest BCUT2D eigenvalue weighted by Crippen LogP contribution is -2.49. The van der Waals surface area contributed by atoms with E-state index < -0.39 is 5.82 Å². The Morgan fingerprint density at radius 2 is 2.20 bits per heavy atom. The van der Waals surface area contributed by atoms with Crippen molar-refractivity contribution >= 4 is 17.5 Å². The fraction of sp³-hybridized carbons (Fsp3) is 0.632. The maximum atomic E-state index is 13.3. The van der Waals surface area contributed by atoms with Gasteiger partial charge in [0.2, 0.25) is 0 Å². The van der Waals surface area contributed by atoms with Gasteiger partial charge in [0.15, 0.2) is 0 Å². The van der Waals surface area contributed by atoms with Crippen LogP contribution >= 0.6 is 11.6 Å². The van der Waals surface area contributed by atoms with E-state index in [9.17, 15) is 9.18 Å². The maximum absolute atomic E-state index is 13.3.